The monoisotopic (exact) mass is 208 g/mol. The summed E-state index contributed by atoms with van der Waals surface area (Å²) < 4.78 is 0. The van der Waals surface area contributed by atoms with Gasteiger partial charge in [0, 0.05) is 5.75 Å². The number of rotatable bonds is 3. The van der Waals surface area contributed by atoms with E-state index < -0.39 is 0 Å². The van der Waals surface area contributed by atoms with Crippen LogP contribution < -0.4 is 0 Å². The van der Waals surface area contributed by atoms with Crippen molar-refractivity contribution in [3.05, 3.63) is 35.9 Å². The van der Waals surface area contributed by atoms with Crippen molar-refractivity contribution in [2.45, 2.75) is 18.9 Å². The second-order valence-corrected chi connectivity index (χ2v) is 4.96. The molecular weight excluding hydrogens is 192 g/mol. The minimum Gasteiger partial charge on any atom is -0.392 e. The molecule has 0 bridgehead atoms. The second-order valence-electron chi connectivity index (χ2n) is 3.89. The van der Waals surface area contributed by atoms with E-state index in [9.17, 15) is 5.11 Å². The lowest BCUT2D eigenvalue weighted by atomic mass is 9.97. The molecule has 2 unspecified atom stereocenters. The first-order valence-corrected chi connectivity index (χ1v) is 6.31. The Labute approximate surface area is 89.5 Å². The largest absolute Gasteiger partial charge is 0.392 e. The van der Waals surface area contributed by atoms with Crippen molar-refractivity contribution in [3.63, 3.8) is 0 Å². The Morgan fingerprint density at radius 1 is 1.21 bits per heavy atom. The van der Waals surface area contributed by atoms with Crippen LogP contribution in [0, 0.1) is 5.92 Å². The highest BCUT2D eigenvalue weighted by molar-refractivity contribution is 7.99. The molecule has 1 saturated heterocycles. The summed E-state index contributed by atoms with van der Waals surface area (Å²) >= 11 is 1.88. The molecule has 14 heavy (non-hydrogen) atoms. The van der Waals surface area contributed by atoms with Crippen molar-refractivity contribution < 1.29 is 5.11 Å². The molecule has 1 aromatic carbocycles. The Kier molecular flexibility index (Phi) is 3.49. The fourth-order valence-corrected chi connectivity index (χ4v) is 3.20. The maximum absolute atomic E-state index is 9.65. The summed E-state index contributed by atoms with van der Waals surface area (Å²) in [6, 6.07) is 10.5. The van der Waals surface area contributed by atoms with E-state index in [0.29, 0.717) is 5.92 Å². The molecule has 0 radical (unpaired) electrons. The van der Waals surface area contributed by atoms with E-state index >= 15 is 0 Å². The van der Waals surface area contributed by atoms with Crippen LogP contribution in [0.2, 0.25) is 0 Å². The number of aliphatic hydroxyl groups excluding tert-OH is 1. The maximum atomic E-state index is 9.65. The first-order chi connectivity index (χ1) is 6.86. The lowest BCUT2D eigenvalue weighted by Crippen LogP contribution is -2.18. The first-order valence-electron chi connectivity index (χ1n) is 5.16. The van der Waals surface area contributed by atoms with E-state index in [-0.39, 0.29) is 6.10 Å². The molecule has 0 saturated carbocycles. The molecule has 2 rings (SSSR count). The van der Waals surface area contributed by atoms with Crippen molar-refractivity contribution in [2.24, 2.45) is 5.92 Å². The summed E-state index contributed by atoms with van der Waals surface area (Å²) in [4.78, 5) is 0. The van der Waals surface area contributed by atoms with E-state index in [0.717, 1.165) is 24.3 Å². The van der Waals surface area contributed by atoms with Crippen molar-refractivity contribution in [3.8, 4) is 0 Å². The molecule has 0 amide bonds. The van der Waals surface area contributed by atoms with Gasteiger partial charge in [-0.2, -0.15) is 11.8 Å². The highest BCUT2D eigenvalue weighted by atomic mass is 32.2. The van der Waals surface area contributed by atoms with E-state index in [4.69, 9.17) is 0 Å². The minimum atomic E-state index is -0.0660. The topological polar surface area (TPSA) is 20.2 Å². The summed E-state index contributed by atoms with van der Waals surface area (Å²) in [5.74, 6) is 2.58. The predicted octanol–water partition coefficient (Wildman–Crippen LogP) is 2.34. The van der Waals surface area contributed by atoms with Crippen LogP contribution in [0.4, 0.5) is 0 Å². The van der Waals surface area contributed by atoms with E-state index in [2.05, 4.69) is 24.3 Å². The van der Waals surface area contributed by atoms with Crippen molar-refractivity contribution in [2.75, 3.05) is 11.5 Å². The molecule has 76 valence electrons. The highest BCUT2D eigenvalue weighted by Gasteiger charge is 2.24. The molecule has 2 heteroatoms. The van der Waals surface area contributed by atoms with Gasteiger partial charge < -0.3 is 5.11 Å². The summed E-state index contributed by atoms with van der Waals surface area (Å²) in [5, 5.41) is 9.65. The van der Waals surface area contributed by atoms with Crippen molar-refractivity contribution in [1.82, 2.24) is 0 Å². The third-order valence-corrected chi connectivity index (χ3v) is 4.05. The summed E-state index contributed by atoms with van der Waals surface area (Å²) in [7, 11) is 0. The van der Waals surface area contributed by atoms with Crippen LogP contribution in [0.3, 0.4) is 0 Å². The van der Waals surface area contributed by atoms with Gasteiger partial charge in [-0.3, -0.25) is 0 Å². The Morgan fingerprint density at radius 3 is 2.64 bits per heavy atom. The van der Waals surface area contributed by atoms with Gasteiger partial charge in [0.15, 0.2) is 0 Å². The molecule has 0 spiro atoms. The Morgan fingerprint density at radius 2 is 2.00 bits per heavy atom. The zero-order valence-corrected chi connectivity index (χ0v) is 9.04. The van der Waals surface area contributed by atoms with Gasteiger partial charge in [-0.1, -0.05) is 30.3 Å². The molecule has 0 aromatic heterocycles. The van der Waals surface area contributed by atoms with Gasteiger partial charge in [0.1, 0.15) is 0 Å². The summed E-state index contributed by atoms with van der Waals surface area (Å²) in [5.41, 5.74) is 1.39. The van der Waals surface area contributed by atoms with Gasteiger partial charge in [0.2, 0.25) is 0 Å². The van der Waals surface area contributed by atoms with Crippen LogP contribution in [0.5, 0.6) is 0 Å². The maximum Gasteiger partial charge on any atom is 0.0666 e. The fraction of sp³-hybridized carbons (Fsp3) is 0.500. The minimum absolute atomic E-state index is 0.0660. The third-order valence-electron chi connectivity index (χ3n) is 2.81. The van der Waals surface area contributed by atoms with Gasteiger partial charge >= 0.3 is 0 Å². The zero-order valence-electron chi connectivity index (χ0n) is 8.23. The molecule has 1 fully saturated rings. The number of hydrogen-bond donors (Lipinski definition) is 1. The van der Waals surface area contributed by atoms with E-state index in [1.807, 2.05) is 17.8 Å². The lowest BCUT2D eigenvalue weighted by molar-refractivity contribution is 0.145. The Hall–Kier alpha value is -0.470. The quantitative estimate of drug-likeness (QED) is 0.823. The third kappa shape index (κ3) is 2.52. The van der Waals surface area contributed by atoms with Gasteiger partial charge in [0.05, 0.1) is 6.10 Å². The van der Waals surface area contributed by atoms with Gasteiger partial charge in [-0.25, -0.2) is 0 Å². The van der Waals surface area contributed by atoms with Crippen molar-refractivity contribution in [1.29, 1.82) is 0 Å². The Bertz CT molecular complexity index is 273. The lowest BCUT2D eigenvalue weighted by Gasteiger charge is -2.12. The number of aryl methyl sites for hydroxylation is 1. The predicted molar refractivity (Wildman–Crippen MR) is 61.6 cm³/mol. The normalized spacial score (nSPS) is 26.6. The number of benzene rings is 1. The number of hydrogen-bond acceptors (Lipinski definition) is 2. The average molecular weight is 208 g/mol. The summed E-state index contributed by atoms with van der Waals surface area (Å²) in [6.45, 7) is 0. The molecule has 1 nitrogen and oxygen atoms in total. The average Bonchev–Trinajstić information content (AvgIpc) is 2.63. The van der Waals surface area contributed by atoms with E-state index in [1.54, 1.807) is 0 Å². The molecule has 1 aliphatic heterocycles. The molecule has 1 heterocycles. The molecule has 2 atom stereocenters. The molecule has 1 aromatic rings. The number of aliphatic hydroxyl groups is 1. The van der Waals surface area contributed by atoms with Gasteiger partial charge in [-0.15, -0.1) is 0 Å². The van der Waals surface area contributed by atoms with Crippen LogP contribution in [0.15, 0.2) is 30.3 Å². The van der Waals surface area contributed by atoms with Gasteiger partial charge in [-0.05, 0) is 30.1 Å². The standard InChI is InChI=1S/C12H16OS/c13-12-9-14-8-11(12)7-6-10-4-2-1-3-5-10/h1-5,11-13H,6-9H2. The van der Waals surface area contributed by atoms with Crippen LogP contribution in [0.1, 0.15) is 12.0 Å². The highest BCUT2D eigenvalue weighted by Crippen LogP contribution is 2.27. The van der Waals surface area contributed by atoms with Gasteiger partial charge in [0.25, 0.3) is 0 Å². The number of thioether (sulfide) groups is 1. The SMILES string of the molecule is OC1CSCC1CCc1ccccc1. The van der Waals surface area contributed by atoms with Crippen LogP contribution >= 0.6 is 11.8 Å². The van der Waals surface area contributed by atoms with Crippen LogP contribution in [-0.2, 0) is 6.42 Å². The van der Waals surface area contributed by atoms with E-state index in [1.165, 1.54) is 5.56 Å². The zero-order chi connectivity index (χ0) is 9.80. The second kappa shape index (κ2) is 4.85. The first kappa shape index (κ1) is 10.1. The Balaban J connectivity index is 1.82. The molecule has 0 aliphatic carbocycles. The molecule has 1 aliphatic rings. The molecular formula is C12H16OS. The van der Waals surface area contributed by atoms with Crippen LogP contribution in [-0.4, -0.2) is 22.7 Å². The smallest absolute Gasteiger partial charge is 0.0666 e. The molecule has 1 N–H and O–H groups in total. The van der Waals surface area contributed by atoms with Crippen LogP contribution in [0.25, 0.3) is 0 Å². The van der Waals surface area contributed by atoms with Crippen molar-refractivity contribution >= 4 is 11.8 Å². The fourth-order valence-electron chi connectivity index (χ4n) is 1.86. The summed E-state index contributed by atoms with van der Waals surface area (Å²) in [6.07, 6.45) is 2.16.